The van der Waals surface area contributed by atoms with E-state index < -0.39 is 5.97 Å². The molecule has 2 aromatic rings. The molecule has 2 heterocycles. The monoisotopic (exact) mass is 344 g/mol. The van der Waals surface area contributed by atoms with Crippen molar-refractivity contribution in [2.75, 3.05) is 6.61 Å². The van der Waals surface area contributed by atoms with Crippen molar-refractivity contribution in [2.24, 2.45) is 0 Å². The van der Waals surface area contributed by atoms with E-state index in [1.807, 2.05) is 13.8 Å². The van der Waals surface area contributed by atoms with E-state index >= 15 is 0 Å². The molecule has 1 aromatic heterocycles. The van der Waals surface area contributed by atoms with E-state index in [2.05, 4.69) is 10.3 Å². The summed E-state index contributed by atoms with van der Waals surface area (Å²) in [5, 5.41) is 13.6. The molecule has 7 heteroatoms. The average Bonchev–Trinajstić information content (AvgIpc) is 2.97. The Balaban J connectivity index is 1.93. The third-order valence-electron chi connectivity index (χ3n) is 3.93. The molecule has 0 radical (unpaired) electrons. The first kappa shape index (κ1) is 17.0. The van der Waals surface area contributed by atoms with E-state index in [-0.39, 0.29) is 29.4 Å². The lowest BCUT2D eigenvalue weighted by molar-refractivity contribution is -0.119. The maximum absolute atomic E-state index is 11.5. The number of rotatable bonds is 6. The van der Waals surface area contributed by atoms with E-state index in [0.717, 1.165) is 6.42 Å². The molecule has 1 aromatic carbocycles. The van der Waals surface area contributed by atoms with Gasteiger partial charge in [-0.05, 0) is 43.9 Å². The van der Waals surface area contributed by atoms with E-state index in [9.17, 15) is 14.7 Å². The highest BCUT2D eigenvalue weighted by Crippen LogP contribution is 2.31. The highest BCUT2D eigenvalue weighted by molar-refractivity contribution is 5.99. The fourth-order valence-electron chi connectivity index (χ4n) is 2.79. The van der Waals surface area contributed by atoms with Crippen LogP contribution in [0.2, 0.25) is 0 Å². The lowest BCUT2D eigenvalue weighted by Gasteiger charge is -2.16. The Morgan fingerprint density at radius 2 is 2.24 bits per heavy atom. The van der Waals surface area contributed by atoms with Crippen LogP contribution in [0.25, 0.3) is 10.8 Å². The number of hydrogen-bond acceptors (Lipinski definition) is 5. The van der Waals surface area contributed by atoms with Gasteiger partial charge in [0.1, 0.15) is 17.9 Å². The first-order valence-electron chi connectivity index (χ1n) is 8.19. The van der Waals surface area contributed by atoms with E-state index in [1.54, 1.807) is 24.4 Å². The molecule has 3 rings (SSSR count). The third kappa shape index (κ3) is 3.81. The number of aromatic nitrogens is 1. The van der Waals surface area contributed by atoms with Crippen molar-refractivity contribution in [3.8, 4) is 11.6 Å². The summed E-state index contributed by atoms with van der Waals surface area (Å²) >= 11 is 0. The Kier molecular flexibility index (Phi) is 4.74. The van der Waals surface area contributed by atoms with Gasteiger partial charge >= 0.3 is 5.97 Å². The molecule has 0 saturated carbocycles. The van der Waals surface area contributed by atoms with Gasteiger partial charge in [-0.15, -0.1) is 0 Å². The first-order chi connectivity index (χ1) is 11.9. The molecule has 132 valence electrons. The van der Waals surface area contributed by atoms with Gasteiger partial charge in [0.05, 0.1) is 12.1 Å². The van der Waals surface area contributed by atoms with Gasteiger partial charge in [-0.2, -0.15) is 0 Å². The number of nitrogens with zero attached hydrogens (tertiary/aromatic N) is 1. The number of carbonyl (C=O) groups excluding carboxylic acids is 1. The minimum atomic E-state index is -1.05. The van der Waals surface area contributed by atoms with Crippen LogP contribution in [-0.2, 0) is 4.79 Å². The predicted molar refractivity (Wildman–Crippen MR) is 91.1 cm³/mol. The van der Waals surface area contributed by atoms with Crippen molar-refractivity contribution in [3.05, 3.63) is 30.0 Å². The summed E-state index contributed by atoms with van der Waals surface area (Å²) in [6.45, 7) is 3.98. The molecule has 1 saturated heterocycles. The zero-order valence-corrected chi connectivity index (χ0v) is 14.1. The van der Waals surface area contributed by atoms with Crippen LogP contribution in [0.1, 0.15) is 37.0 Å². The third-order valence-corrected chi connectivity index (χ3v) is 3.93. The van der Waals surface area contributed by atoms with E-state index in [4.69, 9.17) is 9.47 Å². The fourth-order valence-corrected chi connectivity index (χ4v) is 2.79. The Bertz CT molecular complexity index is 818. The molecule has 0 unspecified atom stereocenters. The average molecular weight is 344 g/mol. The second kappa shape index (κ2) is 6.96. The highest BCUT2D eigenvalue weighted by atomic mass is 16.5. The van der Waals surface area contributed by atoms with Crippen LogP contribution in [-0.4, -0.2) is 40.7 Å². The number of hydrogen-bond donors (Lipinski definition) is 2. The molecule has 1 aliphatic rings. The molecule has 1 aliphatic heterocycles. The zero-order valence-electron chi connectivity index (χ0n) is 14.1. The number of nitrogens with one attached hydrogen (secondary N) is 1. The molecular weight excluding hydrogens is 324 g/mol. The summed E-state index contributed by atoms with van der Waals surface area (Å²) in [5.74, 6) is -0.352. The molecule has 1 atom stereocenters. The number of ether oxygens (including phenoxy) is 2. The summed E-state index contributed by atoms with van der Waals surface area (Å²) in [5.41, 5.74) is 0.0985. The molecule has 25 heavy (non-hydrogen) atoms. The van der Waals surface area contributed by atoms with Gasteiger partial charge in [-0.25, -0.2) is 9.78 Å². The molecule has 0 spiro atoms. The van der Waals surface area contributed by atoms with Crippen molar-refractivity contribution >= 4 is 22.6 Å². The Hall–Kier alpha value is -2.83. The van der Waals surface area contributed by atoms with Gasteiger partial charge in [0.2, 0.25) is 11.8 Å². The fraction of sp³-hybridized carbons (Fsp3) is 0.389. The second-order valence-corrected chi connectivity index (χ2v) is 6.27. The number of pyridine rings is 1. The minimum Gasteiger partial charge on any atom is -0.490 e. The maximum atomic E-state index is 11.5. The molecule has 0 bridgehead atoms. The van der Waals surface area contributed by atoms with Crippen LogP contribution in [0.4, 0.5) is 0 Å². The first-order valence-corrected chi connectivity index (χ1v) is 8.19. The molecular formula is C18H20N2O5. The van der Waals surface area contributed by atoms with Gasteiger partial charge in [-0.1, -0.05) is 0 Å². The van der Waals surface area contributed by atoms with Gasteiger partial charge in [0.15, 0.2) is 0 Å². The SMILES string of the molecule is CC(C)Oc1cc2c(OC[C@@H]3CCC(=O)N3)nccc2cc1C(=O)O. The van der Waals surface area contributed by atoms with E-state index in [1.165, 1.54) is 0 Å². The van der Waals surface area contributed by atoms with Gasteiger partial charge in [0.25, 0.3) is 0 Å². The van der Waals surface area contributed by atoms with Crippen LogP contribution in [0.5, 0.6) is 11.6 Å². The number of amides is 1. The second-order valence-electron chi connectivity index (χ2n) is 6.27. The van der Waals surface area contributed by atoms with Crippen molar-refractivity contribution in [1.29, 1.82) is 0 Å². The molecule has 1 amide bonds. The van der Waals surface area contributed by atoms with Crippen molar-refractivity contribution < 1.29 is 24.2 Å². The van der Waals surface area contributed by atoms with Crippen LogP contribution < -0.4 is 14.8 Å². The lowest BCUT2D eigenvalue weighted by atomic mass is 10.1. The van der Waals surface area contributed by atoms with Crippen LogP contribution >= 0.6 is 0 Å². The number of benzene rings is 1. The van der Waals surface area contributed by atoms with Crippen LogP contribution in [0.3, 0.4) is 0 Å². The van der Waals surface area contributed by atoms with Crippen LogP contribution in [0.15, 0.2) is 24.4 Å². The summed E-state index contributed by atoms with van der Waals surface area (Å²) in [4.78, 5) is 27.0. The maximum Gasteiger partial charge on any atom is 0.339 e. The summed E-state index contributed by atoms with van der Waals surface area (Å²) in [6, 6.07) is 4.90. The number of fused-ring (bicyclic) bond motifs is 1. The number of carbonyl (C=O) groups is 2. The number of aromatic carboxylic acids is 1. The van der Waals surface area contributed by atoms with E-state index in [0.29, 0.717) is 29.7 Å². The quantitative estimate of drug-likeness (QED) is 0.835. The molecule has 0 aliphatic carbocycles. The Labute approximate surface area is 145 Å². The van der Waals surface area contributed by atoms with Crippen molar-refractivity contribution in [3.63, 3.8) is 0 Å². The highest BCUT2D eigenvalue weighted by Gasteiger charge is 2.22. The summed E-state index contributed by atoms with van der Waals surface area (Å²) < 4.78 is 11.4. The Morgan fingerprint density at radius 1 is 1.44 bits per heavy atom. The van der Waals surface area contributed by atoms with Gasteiger partial charge in [-0.3, -0.25) is 4.79 Å². The van der Waals surface area contributed by atoms with Gasteiger partial charge < -0.3 is 19.9 Å². The predicted octanol–water partition coefficient (Wildman–Crippen LogP) is 2.38. The van der Waals surface area contributed by atoms with Crippen molar-refractivity contribution in [2.45, 2.75) is 38.8 Å². The number of carboxylic acid groups (broad SMARTS) is 1. The molecule has 7 nitrogen and oxygen atoms in total. The smallest absolute Gasteiger partial charge is 0.339 e. The topological polar surface area (TPSA) is 97.8 Å². The molecule has 1 fully saturated rings. The van der Waals surface area contributed by atoms with Crippen molar-refractivity contribution in [1.82, 2.24) is 10.3 Å². The zero-order chi connectivity index (χ0) is 18.0. The largest absolute Gasteiger partial charge is 0.490 e. The summed E-state index contributed by atoms with van der Waals surface area (Å²) in [7, 11) is 0. The normalized spacial score (nSPS) is 16.9. The Morgan fingerprint density at radius 3 is 2.88 bits per heavy atom. The van der Waals surface area contributed by atoms with Gasteiger partial charge in [0, 0.05) is 18.0 Å². The number of carboxylic acids is 1. The minimum absolute atomic E-state index is 0.0261. The molecule has 2 N–H and O–H groups in total. The van der Waals surface area contributed by atoms with Crippen LogP contribution in [0, 0.1) is 0 Å². The summed E-state index contributed by atoms with van der Waals surface area (Å²) in [6.07, 6.45) is 2.64. The lowest BCUT2D eigenvalue weighted by Crippen LogP contribution is -2.31. The standard InChI is InChI=1S/C18H20N2O5/c1-10(2)25-15-8-13-11(7-14(15)18(22)23)5-6-19-17(13)24-9-12-3-4-16(21)20-12/h5-8,10,12H,3-4,9H2,1-2H3,(H,20,21)(H,22,23)/t12-/m0/s1.